The van der Waals surface area contributed by atoms with Crippen LogP contribution >= 0.6 is 11.8 Å². The van der Waals surface area contributed by atoms with Crippen LogP contribution in [-0.4, -0.2) is 43.2 Å². The van der Waals surface area contributed by atoms with Crippen LogP contribution in [0.4, 0.5) is 5.69 Å². The van der Waals surface area contributed by atoms with Gasteiger partial charge in [-0.3, -0.25) is 10.0 Å². The Morgan fingerprint density at radius 1 is 1.27 bits per heavy atom. The number of amides is 1. The average molecular weight is 320 g/mol. The highest BCUT2D eigenvalue weighted by molar-refractivity contribution is 8.02. The van der Waals surface area contributed by atoms with E-state index in [4.69, 9.17) is 9.94 Å². The first-order valence-corrected chi connectivity index (χ1v) is 8.51. The number of nitrogens with one attached hydrogen (secondary N) is 1. The molecule has 2 aliphatic rings. The molecular weight excluding hydrogens is 300 g/mol. The third-order valence-electron chi connectivity index (χ3n) is 4.09. The van der Waals surface area contributed by atoms with Crippen molar-refractivity contribution in [2.24, 2.45) is 0 Å². The van der Waals surface area contributed by atoms with Gasteiger partial charge >= 0.3 is 0 Å². The molecule has 0 bridgehead atoms. The molecule has 1 amide bonds. The number of anilines is 1. The van der Waals surface area contributed by atoms with Gasteiger partial charge in [-0.1, -0.05) is 12.1 Å². The Balaban J connectivity index is 1.80. The number of benzene rings is 1. The minimum Gasteiger partial charge on any atom is -0.378 e. The maximum absolute atomic E-state index is 12.0. The minimum absolute atomic E-state index is 0.368. The zero-order valence-corrected chi connectivity index (χ0v) is 13.1. The van der Waals surface area contributed by atoms with Gasteiger partial charge in [-0.25, -0.2) is 5.48 Å². The summed E-state index contributed by atoms with van der Waals surface area (Å²) >= 11 is 1.71. The summed E-state index contributed by atoms with van der Waals surface area (Å²) in [6.07, 6.45) is 0.883. The predicted octanol–water partition coefficient (Wildman–Crippen LogP) is 2.13. The second-order valence-corrected chi connectivity index (χ2v) is 6.39. The summed E-state index contributed by atoms with van der Waals surface area (Å²) < 4.78 is 5.36. The van der Waals surface area contributed by atoms with Crippen LogP contribution < -0.4 is 10.4 Å². The second kappa shape index (κ2) is 7.17. The molecule has 1 aromatic carbocycles. The van der Waals surface area contributed by atoms with E-state index >= 15 is 0 Å². The molecule has 1 unspecified atom stereocenters. The smallest absolute Gasteiger partial charge is 0.255 e. The average Bonchev–Trinajstić information content (AvgIpc) is 3.10. The fourth-order valence-electron chi connectivity index (χ4n) is 2.91. The van der Waals surface area contributed by atoms with Crippen molar-refractivity contribution in [2.45, 2.75) is 12.3 Å². The van der Waals surface area contributed by atoms with Gasteiger partial charge in [0, 0.05) is 24.5 Å². The van der Waals surface area contributed by atoms with E-state index in [-0.39, 0.29) is 5.91 Å². The fourth-order valence-corrected chi connectivity index (χ4v) is 3.85. The summed E-state index contributed by atoms with van der Waals surface area (Å²) in [7, 11) is 0. The number of morpholine rings is 1. The largest absolute Gasteiger partial charge is 0.378 e. The lowest BCUT2D eigenvalue weighted by Crippen LogP contribution is -2.36. The molecule has 2 N–H and O–H groups in total. The van der Waals surface area contributed by atoms with Crippen LogP contribution in [0.5, 0.6) is 0 Å². The first-order valence-electron chi connectivity index (χ1n) is 7.47. The number of hydrogen-bond donors (Lipinski definition) is 2. The Bertz CT molecular complexity index is 553. The molecule has 6 heteroatoms. The molecule has 1 aromatic rings. The Kier molecular flexibility index (Phi) is 5.02. The maximum atomic E-state index is 12.0. The number of thioether (sulfide) groups is 1. The predicted molar refractivity (Wildman–Crippen MR) is 87.3 cm³/mol. The van der Waals surface area contributed by atoms with E-state index in [1.807, 2.05) is 29.7 Å². The SMILES string of the molecule is O=C(NO)C(C1=CSCC1)c1ccc(N2CCOCC2)cc1. The lowest BCUT2D eigenvalue weighted by atomic mass is 9.90. The molecule has 0 saturated carbocycles. The molecule has 2 aliphatic heterocycles. The van der Waals surface area contributed by atoms with E-state index in [2.05, 4.69) is 4.90 Å². The summed E-state index contributed by atoms with van der Waals surface area (Å²) in [6.45, 7) is 3.28. The topological polar surface area (TPSA) is 61.8 Å². The van der Waals surface area contributed by atoms with Crippen LogP contribution in [0.2, 0.25) is 0 Å². The Labute approximate surface area is 134 Å². The molecule has 1 saturated heterocycles. The number of carbonyl (C=O) groups is 1. The van der Waals surface area contributed by atoms with Crippen LogP contribution in [0.3, 0.4) is 0 Å². The summed E-state index contributed by atoms with van der Waals surface area (Å²) in [5.41, 5.74) is 4.93. The van der Waals surface area contributed by atoms with E-state index < -0.39 is 5.92 Å². The first-order chi connectivity index (χ1) is 10.8. The molecule has 2 heterocycles. The van der Waals surface area contributed by atoms with Gasteiger partial charge in [-0.05, 0) is 35.1 Å². The summed E-state index contributed by atoms with van der Waals surface area (Å²) in [5, 5.41) is 11.1. The fraction of sp³-hybridized carbons (Fsp3) is 0.438. The molecular formula is C16H20N2O3S. The van der Waals surface area contributed by atoms with Crippen molar-refractivity contribution in [1.82, 2.24) is 5.48 Å². The van der Waals surface area contributed by atoms with Crippen molar-refractivity contribution in [1.29, 1.82) is 0 Å². The highest BCUT2D eigenvalue weighted by atomic mass is 32.2. The van der Waals surface area contributed by atoms with Gasteiger partial charge in [-0.15, -0.1) is 11.8 Å². The van der Waals surface area contributed by atoms with E-state index in [9.17, 15) is 4.79 Å². The van der Waals surface area contributed by atoms with E-state index in [0.717, 1.165) is 55.3 Å². The lowest BCUT2D eigenvalue weighted by Gasteiger charge is -2.29. The molecule has 1 atom stereocenters. The van der Waals surface area contributed by atoms with E-state index in [1.54, 1.807) is 17.2 Å². The van der Waals surface area contributed by atoms with Gasteiger partial charge in [-0.2, -0.15) is 0 Å². The van der Waals surface area contributed by atoms with Crippen molar-refractivity contribution in [2.75, 3.05) is 37.0 Å². The number of rotatable bonds is 4. The molecule has 0 spiro atoms. The zero-order chi connectivity index (χ0) is 15.4. The molecule has 0 aliphatic carbocycles. The van der Waals surface area contributed by atoms with Crippen LogP contribution in [0.1, 0.15) is 17.9 Å². The highest BCUT2D eigenvalue weighted by Gasteiger charge is 2.26. The van der Waals surface area contributed by atoms with Gasteiger partial charge in [0.25, 0.3) is 5.91 Å². The van der Waals surface area contributed by atoms with Crippen LogP contribution in [0.25, 0.3) is 0 Å². The maximum Gasteiger partial charge on any atom is 0.255 e. The molecule has 0 aromatic heterocycles. The normalized spacial score (nSPS) is 19.7. The molecule has 0 radical (unpaired) electrons. The summed E-state index contributed by atoms with van der Waals surface area (Å²) in [4.78, 5) is 14.3. The van der Waals surface area contributed by atoms with Gasteiger partial charge in [0.1, 0.15) is 0 Å². The van der Waals surface area contributed by atoms with Crippen LogP contribution in [0.15, 0.2) is 35.2 Å². The quantitative estimate of drug-likeness (QED) is 0.657. The number of carbonyl (C=O) groups excluding carboxylic acids is 1. The van der Waals surface area contributed by atoms with Crippen molar-refractivity contribution in [3.05, 3.63) is 40.8 Å². The van der Waals surface area contributed by atoms with E-state index in [1.165, 1.54) is 0 Å². The lowest BCUT2D eigenvalue weighted by molar-refractivity contribution is -0.129. The number of nitrogens with zero attached hydrogens (tertiary/aromatic N) is 1. The molecule has 22 heavy (non-hydrogen) atoms. The van der Waals surface area contributed by atoms with Gasteiger partial charge < -0.3 is 9.64 Å². The van der Waals surface area contributed by atoms with Crippen molar-refractivity contribution >= 4 is 23.4 Å². The molecule has 5 nitrogen and oxygen atoms in total. The number of hydrogen-bond acceptors (Lipinski definition) is 5. The summed E-state index contributed by atoms with van der Waals surface area (Å²) in [6, 6.07) is 8.05. The van der Waals surface area contributed by atoms with Crippen molar-refractivity contribution < 1.29 is 14.7 Å². The standard InChI is InChI=1S/C16H20N2O3S/c19-16(17-20)15(13-5-10-22-11-13)12-1-3-14(4-2-12)18-6-8-21-9-7-18/h1-4,11,15,20H,5-10H2,(H,17,19). The Morgan fingerprint density at radius 3 is 2.59 bits per heavy atom. The van der Waals surface area contributed by atoms with Gasteiger partial charge in [0.2, 0.25) is 0 Å². The second-order valence-electron chi connectivity index (χ2n) is 5.41. The Hall–Kier alpha value is -1.50. The first kappa shape index (κ1) is 15.4. The van der Waals surface area contributed by atoms with Crippen molar-refractivity contribution in [3.63, 3.8) is 0 Å². The number of ether oxygens (including phenoxy) is 1. The highest BCUT2D eigenvalue weighted by Crippen LogP contribution is 2.35. The zero-order valence-electron chi connectivity index (χ0n) is 12.3. The summed E-state index contributed by atoms with van der Waals surface area (Å²) in [5.74, 6) is 0.225. The van der Waals surface area contributed by atoms with Crippen LogP contribution in [-0.2, 0) is 9.53 Å². The van der Waals surface area contributed by atoms with Gasteiger partial charge in [0.05, 0.1) is 19.1 Å². The Morgan fingerprint density at radius 2 is 2.00 bits per heavy atom. The minimum atomic E-state index is -0.404. The third kappa shape index (κ3) is 3.29. The number of hydroxylamine groups is 1. The van der Waals surface area contributed by atoms with Gasteiger partial charge in [0.15, 0.2) is 0 Å². The third-order valence-corrected chi connectivity index (χ3v) is 5.00. The molecule has 118 valence electrons. The van der Waals surface area contributed by atoms with Crippen molar-refractivity contribution in [3.8, 4) is 0 Å². The monoisotopic (exact) mass is 320 g/mol. The van der Waals surface area contributed by atoms with Crippen LogP contribution in [0, 0.1) is 0 Å². The molecule has 3 rings (SSSR count). The van der Waals surface area contributed by atoms with E-state index in [0.29, 0.717) is 0 Å². The molecule has 1 fully saturated rings.